The lowest BCUT2D eigenvalue weighted by Gasteiger charge is -2.06. The number of nitrogens with one attached hydrogen (secondary N) is 1. The van der Waals surface area contributed by atoms with Gasteiger partial charge in [0.05, 0.1) is 13.5 Å². The summed E-state index contributed by atoms with van der Waals surface area (Å²) in [7, 11) is 1.55. The number of methoxy groups -OCH3 is 1. The van der Waals surface area contributed by atoms with Crippen molar-refractivity contribution in [2.75, 3.05) is 12.4 Å². The minimum Gasteiger partial charge on any atom is -0.497 e. The van der Waals surface area contributed by atoms with Gasteiger partial charge in [-0.1, -0.05) is 6.58 Å². The van der Waals surface area contributed by atoms with Crippen LogP contribution in [-0.2, 0) is 9.59 Å². The normalized spacial score (nSPS) is 9.47. The zero-order valence-corrected chi connectivity index (χ0v) is 9.40. The molecule has 1 rings (SSSR count). The van der Waals surface area contributed by atoms with Crippen LogP contribution in [0.15, 0.2) is 36.4 Å². The molecule has 2 N–H and O–H groups in total. The van der Waals surface area contributed by atoms with Crippen molar-refractivity contribution in [3.8, 4) is 5.75 Å². The fraction of sp³-hybridized carbons (Fsp3) is 0.167. The van der Waals surface area contributed by atoms with E-state index in [9.17, 15) is 9.59 Å². The van der Waals surface area contributed by atoms with Crippen LogP contribution < -0.4 is 10.1 Å². The molecule has 0 spiro atoms. The molecule has 0 aliphatic carbocycles. The lowest BCUT2D eigenvalue weighted by Crippen LogP contribution is -2.14. The number of hydrogen-bond acceptors (Lipinski definition) is 3. The molecule has 0 unspecified atom stereocenters. The third-order valence-corrected chi connectivity index (χ3v) is 2.05. The van der Waals surface area contributed by atoms with Crippen LogP contribution in [0.5, 0.6) is 5.75 Å². The van der Waals surface area contributed by atoms with Crippen molar-refractivity contribution in [3.63, 3.8) is 0 Å². The van der Waals surface area contributed by atoms with E-state index in [4.69, 9.17) is 9.84 Å². The smallest absolute Gasteiger partial charge is 0.331 e. The molecule has 0 aliphatic heterocycles. The first-order valence-corrected chi connectivity index (χ1v) is 4.88. The second-order valence-corrected chi connectivity index (χ2v) is 3.36. The van der Waals surface area contributed by atoms with Crippen LogP contribution >= 0.6 is 0 Å². The van der Waals surface area contributed by atoms with Gasteiger partial charge in [0.15, 0.2) is 0 Å². The third kappa shape index (κ3) is 3.98. The van der Waals surface area contributed by atoms with Crippen LogP contribution in [-0.4, -0.2) is 24.1 Å². The van der Waals surface area contributed by atoms with Crippen LogP contribution in [0.2, 0.25) is 0 Å². The zero-order valence-electron chi connectivity index (χ0n) is 9.40. The SMILES string of the molecule is C=C(CC(=O)Nc1ccc(OC)cc1)C(=O)O. The van der Waals surface area contributed by atoms with Gasteiger partial charge in [0.1, 0.15) is 5.75 Å². The number of carbonyl (C=O) groups is 2. The zero-order chi connectivity index (χ0) is 12.8. The molecule has 1 aromatic carbocycles. The number of ether oxygens (including phenoxy) is 1. The summed E-state index contributed by atoms with van der Waals surface area (Å²) in [5, 5.41) is 11.1. The summed E-state index contributed by atoms with van der Waals surface area (Å²) in [6, 6.07) is 6.73. The van der Waals surface area contributed by atoms with Crippen LogP contribution in [0, 0.1) is 0 Å². The Kier molecular flexibility index (Phi) is 4.28. The van der Waals surface area contributed by atoms with Crippen LogP contribution in [0.4, 0.5) is 5.69 Å². The Morgan fingerprint density at radius 3 is 2.41 bits per heavy atom. The highest BCUT2D eigenvalue weighted by Crippen LogP contribution is 2.15. The molecule has 17 heavy (non-hydrogen) atoms. The molecular weight excluding hydrogens is 222 g/mol. The van der Waals surface area contributed by atoms with Crippen molar-refractivity contribution in [1.29, 1.82) is 0 Å². The quantitative estimate of drug-likeness (QED) is 0.761. The van der Waals surface area contributed by atoms with Crippen molar-refractivity contribution >= 4 is 17.6 Å². The summed E-state index contributed by atoms with van der Waals surface area (Å²) in [6.07, 6.45) is -0.235. The van der Waals surface area contributed by atoms with Gasteiger partial charge in [0, 0.05) is 11.3 Å². The van der Waals surface area contributed by atoms with E-state index in [1.165, 1.54) is 0 Å². The maximum atomic E-state index is 11.4. The number of carboxylic acids is 1. The molecule has 0 radical (unpaired) electrons. The van der Waals surface area contributed by atoms with Gasteiger partial charge in [-0.3, -0.25) is 4.79 Å². The Bertz CT molecular complexity index is 436. The number of rotatable bonds is 5. The number of carboxylic acid groups (broad SMARTS) is 1. The fourth-order valence-corrected chi connectivity index (χ4v) is 1.15. The average Bonchev–Trinajstić information content (AvgIpc) is 2.29. The van der Waals surface area contributed by atoms with E-state index in [1.54, 1.807) is 31.4 Å². The van der Waals surface area contributed by atoms with Crippen LogP contribution in [0.1, 0.15) is 6.42 Å². The Morgan fingerprint density at radius 2 is 1.94 bits per heavy atom. The monoisotopic (exact) mass is 235 g/mol. The first-order chi connectivity index (χ1) is 8.02. The number of anilines is 1. The highest BCUT2D eigenvalue weighted by Gasteiger charge is 2.10. The second kappa shape index (κ2) is 5.69. The Hall–Kier alpha value is -2.30. The molecule has 0 atom stereocenters. The van der Waals surface area contributed by atoms with E-state index >= 15 is 0 Å². The number of carbonyl (C=O) groups excluding carboxylic acids is 1. The molecule has 0 aromatic heterocycles. The Balaban J connectivity index is 2.56. The van der Waals surface area contributed by atoms with E-state index in [2.05, 4.69) is 11.9 Å². The number of amides is 1. The van der Waals surface area contributed by atoms with E-state index in [0.717, 1.165) is 0 Å². The van der Waals surface area contributed by atoms with Gasteiger partial charge in [-0.15, -0.1) is 0 Å². The molecule has 0 fully saturated rings. The Morgan fingerprint density at radius 1 is 1.35 bits per heavy atom. The molecular formula is C12H13NO4. The molecule has 1 amide bonds. The molecule has 5 nitrogen and oxygen atoms in total. The number of benzene rings is 1. The molecule has 0 saturated heterocycles. The van der Waals surface area contributed by atoms with Gasteiger partial charge in [-0.25, -0.2) is 4.79 Å². The summed E-state index contributed by atoms with van der Waals surface area (Å²) in [4.78, 5) is 21.9. The van der Waals surface area contributed by atoms with Gasteiger partial charge < -0.3 is 15.2 Å². The summed E-state index contributed by atoms with van der Waals surface area (Å²) >= 11 is 0. The third-order valence-electron chi connectivity index (χ3n) is 2.05. The van der Waals surface area contributed by atoms with Crippen molar-refractivity contribution in [2.45, 2.75) is 6.42 Å². The van der Waals surface area contributed by atoms with Gasteiger partial charge in [0.25, 0.3) is 0 Å². The summed E-state index contributed by atoms with van der Waals surface area (Å²) in [5.41, 5.74) is 0.435. The van der Waals surface area contributed by atoms with Crippen molar-refractivity contribution < 1.29 is 19.4 Å². The molecule has 90 valence electrons. The predicted molar refractivity (Wildman–Crippen MR) is 63.0 cm³/mol. The molecule has 0 saturated carbocycles. The van der Waals surface area contributed by atoms with E-state index in [-0.39, 0.29) is 12.0 Å². The van der Waals surface area contributed by atoms with Crippen molar-refractivity contribution in [3.05, 3.63) is 36.4 Å². The fourth-order valence-electron chi connectivity index (χ4n) is 1.15. The van der Waals surface area contributed by atoms with E-state index in [0.29, 0.717) is 11.4 Å². The summed E-state index contributed by atoms with van der Waals surface area (Å²) in [5.74, 6) is -0.907. The maximum absolute atomic E-state index is 11.4. The van der Waals surface area contributed by atoms with Crippen LogP contribution in [0.3, 0.4) is 0 Å². The predicted octanol–water partition coefficient (Wildman–Crippen LogP) is 1.66. The second-order valence-electron chi connectivity index (χ2n) is 3.36. The van der Waals surface area contributed by atoms with Gasteiger partial charge in [0.2, 0.25) is 5.91 Å². The first kappa shape index (κ1) is 12.8. The van der Waals surface area contributed by atoms with Gasteiger partial charge in [-0.05, 0) is 24.3 Å². The first-order valence-electron chi connectivity index (χ1n) is 4.88. The lowest BCUT2D eigenvalue weighted by molar-refractivity contribution is -0.133. The number of aliphatic carboxylic acids is 1. The number of hydrogen-bond donors (Lipinski definition) is 2. The van der Waals surface area contributed by atoms with Crippen molar-refractivity contribution in [1.82, 2.24) is 0 Å². The Labute approximate surface area is 98.7 Å². The highest BCUT2D eigenvalue weighted by molar-refractivity contribution is 5.99. The highest BCUT2D eigenvalue weighted by atomic mass is 16.5. The van der Waals surface area contributed by atoms with E-state index in [1.807, 2.05) is 0 Å². The molecule has 0 aliphatic rings. The van der Waals surface area contributed by atoms with E-state index < -0.39 is 11.9 Å². The van der Waals surface area contributed by atoms with Gasteiger partial charge in [-0.2, -0.15) is 0 Å². The summed E-state index contributed by atoms with van der Waals surface area (Å²) < 4.78 is 4.97. The minimum absolute atomic E-state index is 0.143. The molecule has 0 heterocycles. The maximum Gasteiger partial charge on any atom is 0.331 e. The topological polar surface area (TPSA) is 75.6 Å². The minimum atomic E-state index is -1.17. The lowest BCUT2D eigenvalue weighted by atomic mass is 10.2. The molecule has 1 aromatic rings. The molecule has 0 bridgehead atoms. The summed E-state index contributed by atoms with van der Waals surface area (Å²) in [6.45, 7) is 3.28. The van der Waals surface area contributed by atoms with Gasteiger partial charge >= 0.3 is 5.97 Å². The largest absolute Gasteiger partial charge is 0.497 e. The standard InChI is InChI=1S/C12H13NO4/c1-8(12(15)16)7-11(14)13-9-3-5-10(17-2)6-4-9/h3-6H,1,7H2,2H3,(H,13,14)(H,15,16). The van der Waals surface area contributed by atoms with Crippen molar-refractivity contribution in [2.24, 2.45) is 0 Å². The van der Waals surface area contributed by atoms with Crippen LogP contribution in [0.25, 0.3) is 0 Å². The molecule has 5 heteroatoms. The average molecular weight is 235 g/mol.